The molecule has 1 amide bonds. The fourth-order valence-corrected chi connectivity index (χ4v) is 0.226. The number of amides is 1. The predicted octanol–water partition coefficient (Wildman–Crippen LogP) is 0.0219. The van der Waals surface area contributed by atoms with Crippen molar-refractivity contribution in [3.05, 3.63) is 12.3 Å². The molecule has 0 aromatic heterocycles. The van der Waals surface area contributed by atoms with Crippen LogP contribution in [0.4, 0.5) is 0 Å². The van der Waals surface area contributed by atoms with Crippen LogP contribution in [-0.2, 0) is 9.53 Å². The van der Waals surface area contributed by atoms with E-state index in [4.69, 9.17) is 5.73 Å². The second-order valence-corrected chi connectivity index (χ2v) is 1.25. The fraction of sp³-hybridized carbons (Fsp3) is 0.400. The van der Waals surface area contributed by atoms with Gasteiger partial charge < -0.3 is 10.5 Å². The Hall–Kier alpha value is -0.990. The van der Waals surface area contributed by atoms with Crippen molar-refractivity contribution >= 4 is 5.91 Å². The summed E-state index contributed by atoms with van der Waals surface area (Å²) in [7, 11) is 0. The van der Waals surface area contributed by atoms with Gasteiger partial charge in [-0.25, -0.2) is 0 Å². The monoisotopic (exact) mass is 115 g/mol. The molecule has 0 saturated carbocycles. The topological polar surface area (TPSA) is 52.3 Å². The minimum Gasteiger partial charge on any atom is -0.492 e. The van der Waals surface area contributed by atoms with E-state index in [9.17, 15) is 4.79 Å². The number of hydrogen-bond donors (Lipinski definition) is 1. The van der Waals surface area contributed by atoms with E-state index in [1.807, 2.05) is 0 Å². The molecule has 0 aromatic rings. The second kappa shape index (κ2) is 4.18. The fourth-order valence-electron chi connectivity index (χ4n) is 0.226. The van der Waals surface area contributed by atoms with Crippen LogP contribution in [-0.4, -0.2) is 12.5 Å². The van der Waals surface area contributed by atoms with Gasteiger partial charge in [0.25, 0.3) is 5.91 Å². The molecule has 3 nitrogen and oxygen atoms in total. The molecule has 0 aliphatic carbocycles. The summed E-state index contributed by atoms with van der Waals surface area (Å²) in [6.45, 7) is 1.76. The molecule has 0 spiro atoms. The summed E-state index contributed by atoms with van der Waals surface area (Å²) in [6.07, 6.45) is 3.10. The van der Waals surface area contributed by atoms with Crippen molar-refractivity contribution < 1.29 is 9.53 Å². The molecular weight excluding hydrogens is 106 g/mol. The van der Waals surface area contributed by atoms with Crippen LogP contribution < -0.4 is 5.73 Å². The zero-order valence-corrected chi connectivity index (χ0v) is 4.76. The van der Waals surface area contributed by atoms with E-state index in [1.54, 1.807) is 13.0 Å². The molecule has 0 aromatic carbocycles. The Morgan fingerprint density at radius 2 is 2.50 bits per heavy atom. The van der Waals surface area contributed by atoms with Crippen LogP contribution in [0.15, 0.2) is 12.3 Å². The first-order valence-corrected chi connectivity index (χ1v) is 2.28. The van der Waals surface area contributed by atoms with Crippen molar-refractivity contribution in [2.45, 2.75) is 6.92 Å². The molecule has 0 radical (unpaired) electrons. The zero-order valence-electron chi connectivity index (χ0n) is 4.76. The Balaban J connectivity index is 3.05. The molecule has 0 unspecified atom stereocenters. The summed E-state index contributed by atoms with van der Waals surface area (Å²) in [4.78, 5) is 9.94. The van der Waals surface area contributed by atoms with Crippen molar-refractivity contribution in [2.24, 2.45) is 5.73 Å². The highest BCUT2D eigenvalue weighted by molar-refractivity contribution is 5.75. The first-order valence-electron chi connectivity index (χ1n) is 2.28. The summed E-state index contributed by atoms with van der Waals surface area (Å²) < 4.78 is 4.59. The van der Waals surface area contributed by atoms with Gasteiger partial charge in [0.2, 0.25) is 0 Å². The highest BCUT2D eigenvalue weighted by Crippen LogP contribution is 1.73. The maximum atomic E-state index is 9.94. The molecule has 0 aliphatic rings. The number of carbonyl (C=O) groups excluding carboxylic acids is 1. The first-order chi connectivity index (χ1) is 3.77. The van der Waals surface area contributed by atoms with E-state index in [0.29, 0.717) is 0 Å². The average molecular weight is 115 g/mol. The molecule has 2 N–H and O–H groups in total. The maximum Gasteiger partial charge on any atom is 0.255 e. The first kappa shape index (κ1) is 7.01. The Morgan fingerprint density at radius 1 is 1.88 bits per heavy atom. The van der Waals surface area contributed by atoms with Gasteiger partial charge in [-0.2, -0.15) is 0 Å². The lowest BCUT2D eigenvalue weighted by atomic mass is 10.7. The molecule has 0 rings (SSSR count). The van der Waals surface area contributed by atoms with Gasteiger partial charge in [0.05, 0.1) is 6.26 Å². The Kier molecular flexibility index (Phi) is 3.66. The maximum absolute atomic E-state index is 9.94. The normalized spacial score (nSPS) is 9.62. The summed E-state index contributed by atoms with van der Waals surface area (Å²) in [6, 6.07) is 0. The third-order valence-electron chi connectivity index (χ3n) is 0.458. The van der Waals surface area contributed by atoms with E-state index < -0.39 is 5.91 Å². The third-order valence-corrected chi connectivity index (χ3v) is 0.458. The molecule has 0 atom stereocenters. The third kappa shape index (κ3) is 5.01. The number of rotatable bonds is 3. The van der Waals surface area contributed by atoms with Gasteiger partial charge in [-0.15, -0.1) is 0 Å². The number of nitrogens with two attached hydrogens (primary N) is 1. The van der Waals surface area contributed by atoms with Gasteiger partial charge in [-0.05, 0) is 6.92 Å². The molecule has 0 heterocycles. The number of hydrogen-bond acceptors (Lipinski definition) is 2. The Bertz CT molecular complexity index is 98.6. The summed E-state index contributed by atoms with van der Waals surface area (Å²) in [5.74, 6) is -0.455. The highest BCUT2D eigenvalue weighted by Gasteiger charge is 1.86. The SMILES string of the molecule is CC=COCC(N)=O. The minimum absolute atomic E-state index is 0.0374. The van der Waals surface area contributed by atoms with Crippen LogP contribution >= 0.6 is 0 Å². The lowest BCUT2D eigenvalue weighted by Gasteiger charge is -1.91. The predicted molar refractivity (Wildman–Crippen MR) is 30.0 cm³/mol. The van der Waals surface area contributed by atoms with E-state index in [2.05, 4.69) is 4.74 Å². The molecule has 0 saturated heterocycles. The van der Waals surface area contributed by atoms with Gasteiger partial charge in [0.15, 0.2) is 6.61 Å². The summed E-state index contributed by atoms with van der Waals surface area (Å²) >= 11 is 0. The van der Waals surface area contributed by atoms with Crippen molar-refractivity contribution in [1.82, 2.24) is 0 Å². The van der Waals surface area contributed by atoms with Crippen LogP contribution in [0.3, 0.4) is 0 Å². The lowest BCUT2D eigenvalue weighted by molar-refractivity contribution is -0.120. The molecule has 0 fully saturated rings. The number of primary amides is 1. The van der Waals surface area contributed by atoms with Gasteiger partial charge >= 0.3 is 0 Å². The highest BCUT2D eigenvalue weighted by atomic mass is 16.5. The van der Waals surface area contributed by atoms with E-state index in [0.717, 1.165) is 0 Å². The van der Waals surface area contributed by atoms with Crippen LogP contribution in [0.1, 0.15) is 6.92 Å². The summed E-state index contributed by atoms with van der Waals surface area (Å²) in [5, 5.41) is 0. The molecule has 0 aliphatic heterocycles. The largest absolute Gasteiger partial charge is 0.492 e. The van der Waals surface area contributed by atoms with Crippen molar-refractivity contribution in [3.63, 3.8) is 0 Å². The quantitative estimate of drug-likeness (QED) is 0.527. The van der Waals surface area contributed by atoms with Crippen molar-refractivity contribution in [2.75, 3.05) is 6.61 Å². The van der Waals surface area contributed by atoms with E-state index in [1.165, 1.54) is 6.26 Å². The summed E-state index contributed by atoms with van der Waals surface area (Å²) in [5.41, 5.74) is 4.74. The number of allylic oxidation sites excluding steroid dienone is 1. The van der Waals surface area contributed by atoms with Crippen LogP contribution in [0, 0.1) is 0 Å². The van der Waals surface area contributed by atoms with Crippen LogP contribution in [0.25, 0.3) is 0 Å². The Morgan fingerprint density at radius 3 is 2.88 bits per heavy atom. The van der Waals surface area contributed by atoms with Gasteiger partial charge in [-0.3, -0.25) is 4.79 Å². The van der Waals surface area contributed by atoms with E-state index >= 15 is 0 Å². The standard InChI is InChI=1S/C5H9NO2/c1-2-3-8-4-5(6)7/h2-3H,4H2,1H3,(H2,6,7). The average Bonchev–Trinajstić information content (AvgIpc) is 1.66. The Labute approximate surface area is 48.1 Å². The van der Waals surface area contributed by atoms with Gasteiger partial charge in [0.1, 0.15) is 0 Å². The number of ether oxygens (including phenoxy) is 1. The molecule has 0 bridgehead atoms. The second-order valence-electron chi connectivity index (χ2n) is 1.25. The van der Waals surface area contributed by atoms with Crippen LogP contribution in [0.2, 0.25) is 0 Å². The van der Waals surface area contributed by atoms with E-state index in [-0.39, 0.29) is 6.61 Å². The van der Waals surface area contributed by atoms with Crippen molar-refractivity contribution in [1.29, 1.82) is 0 Å². The smallest absolute Gasteiger partial charge is 0.255 e. The van der Waals surface area contributed by atoms with Gasteiger partial charge in [-0.1, -0.05) is 6.08 Å². The van der Waals surface area contributed by atoms with Gasteiger partial charge in [0, 0.05) is 0 Å². The minimum atomic E-state index is -0.455. The van der Waals surface area contributed by atoms with Crippen LogP contribution in [0.5, 0.6) is 0 Å². The number of carbonyl (C=O) groups is 1. The lowest BCUT2D eigenvalue weighted by Crippen LogP contribution is -2.16. The molecule has 46 valence electrons. The molecular formula is C5H9NO2. The zero-order chi connectivity index (χ0) is 6.41. The molecule has 3 heteroatoms. The van der Waals surface area contributed by atoms with Crippen molar-refractivity contribution in [3.8, 4) is 0 Å². The molecule has 8 heavy (non-hydrogen) atoms.